The molecule has 108 valence electrons. The molecule has 0 spiro atoms. The van der Waals surface area contributed by atoms with E-state index >= 15 is 0 Å². The Morgan fingerprint density at radius 3 is 2.95 bits per heavy atom. The number of esters is 1. The number of halogens is 1. The highest BCUT2D eigenvalue weighted by molar-refractivity contribution is 5.93. The van der Waals surface area contributed by atoms with Crippen LogP contribution in [-0.4, -0.2) is 31.2 Å². The number of ether oxygens (including phenoxy) is 2. The van der Waals surface area contributed by atoms with Crippen LogP contribution in [0, 0.1) is 5.82 Å². The van der Waals surface area contributed by atoms with Crippen molar-refractivity contribution in [1.82, 2.24) is 0 Å². The van der Waals surface area contributed by atoms with Gasteiger partial charge in [0, 0.05) is 13.5 Å². The Hall–Kier alpha value is -1.95. The van der Waals surface area contributed by atoms with Gasteiger partial charge in [-0.05, 0) is 31.0 Å². The molecule has 0 saturated carbocycles. The van der Waals surface area contributed by atoms with Crippen LogP contribution in [0.4, 0.5) is 10.1 Å². The second kappa shape index (κ2) is 6.47. The monoisotopic (exact) mass is 281 g/mol. The average molecular weight is 281 g/mol. The van der Waals surface area contributed by atoms with E-state index in [1.807, 2.05) is 0 Å². The van der Waals surface area contributed by atoms with Crippen LogP contribution in [0.15, 0.2) is 18.2 Å². The van der Waals surface area contributed by atoms with Gasteiger partial charge in [-0.2, -0.15) is 0 Å². The summed E-state index contributed by atoms with van der Waals surface area (Å²) >= 11 is 0. The largest absolute Gasteiger partial charge is 0.459 e. The molecule has 1 amide bonds. The Kier molecular flexibility index (Phi) is 4.68. The highest BCUT2D eigenvalue weighted by Crippen LogP contribution is 2.18. The number of nitrogens with one attached hydrogen (secondary N) is 1. The van der Waals surface area contributed by atoms with Gasteiger partial charge in [0.1, 0.15) is 12.4 Å². The van der Waals surface area contributed by atoms with E-state index in [9.17, 15) is 14.0 Å². The van der Waals surface area contributed by atoms with Crippen molar-refractivity contribution in [2.45, 2.75) is 25.9 Å². The lowest BCUT2D eigenvalue weighted by atomic mass is 10.2. The maximum absolute atomic E-state index is 13.4. The predicted octanol–water partition coefficient (Wildman–Crippen LogP) is 2.12. The Morgan fingerprint density at radius 2 is 2.30 bits per heavy atom. The molecule has 0 aromatic heterocycles. The van der Waals surface area contributed by atoms with Crippen molar-refractivity contribution in [1.29, 1.82) is 0 Å². The third-order valence-electron chi connectivity index (χ3n) is 2.94. The second-order valence-electron chi connectivity index (χ2n) is 4.61. The van der Waals surface area contributed by atoms with Gasteiger partial charge in [-0.15, -0.1) is 0 Å². The number of rotatable bonds is 4. The van der Waals surface area contributed by atoms with Crippen LogP contribution >= 0.6 is 0 Å². The van der Waals surface area contributed by atoms with Crippen molar-refractivity contribution in [3.63, 3.8) is 0 Å². The quantitative estimate of drug-likeness (QED) is 0.859. The van der Waals surface area contributed by atoms with Gasteiger partial charge in [0.15, 0.2) is 0 Å². The van der Waals surface area contributed by atoms with Crippen LogP contribution in [0.1, 0.15) is 30.1 Å². The summed E-state index contributed by atoms with van der Waals surface area (Å²) in [4.78, 5) is 22.8. The summed E-state index contributed by atoms with van der Waals surface area (Å²) in [6.07, 6.45) is 1.77. The van der Waals surface area contributed by atoms with Crippen LogP contribution in [0.2, 0.25) is 0 Å². The Balaban J connectivity index is 1.99. The molecule has 1 aliphatic rings. The summed E-state index contributed by atoms with van der Waals surface area (Å²) in [7, 11) is 0. The van der Waals surface area contributed by atoms with E-state index in [2.05, 4.69) is 5.32 Å². The van der Waals surface area contributed by atoms with Crippen LogP contribution in [0.25, 0.3) is 0 Å². The molecule has 1 aromatic carbocycles. The molecule has 1 aromatic rings. The van der Waals surface area contributed by atoms with Crippen LogP contribution in [0.5, 0.6) is 0 Å². The van der Waals surface area contributed by atoms with Crippen molar-refractivity contribution in [2.75, 3.05) is 18.5 Å². The zero-order chi connectivity index (χ0) is 14.5. The van der Waals surface area contributed by atoms with Gasteiger partial charge in [-0.1, -0.05) is 0 Å². The maximum Gasteiger partial charge on any atom is 0.338 e. The van der Waals surface area contributed by atoms with Gasteiger partial charge >= 0.3 is 5.97 Å². The molecule has 0 bridgehead atoms. The van der Waals surface area contributed by atoms with Gasteiger partial charge in [0.2, 0.25) is 5.91 Å². The Bertz CT molecular complexity index is 512. The first-order chi connectivity index (χ1) is 9.56. The minimum absolute atomic E-state index is 0.0379. The van der Waals surface area contributed by atoms with E-state index in [0.717, 1.165) is 18.9 Å². The number of carbonyl (C=O) groups is 2. The molecule has 1 atom stereocenters. The van der Waals surface area contributed by atoms with Gasteiger partial charge in [0.05, 0.1) is 17.4 Å². The van der Waals surface area contributed by atoms with Crippen molar-refractivity contribution < 1.29 is 23.5 Å². The smallest absolute Gasteiger partial charge is 0.338 e. The first-order valence-corrected chi connectivity index (χ1v) is 6.42. The summed E-state index contributed by atoms with van der Waals surface area (Å²) in [5.74, 6) is -1.57. The third-order valence-corrected chi connectivity index (χ3v) is 2.94. The number of anilines is 1. The lowest BCUT2D eigenvalue weighted by molar-refractivity contribution is -0.114. The molecule has 1 N–H and O–H groups in total. The van der Waals surface area contributed by atoms with E-state index in [-0.39, 0.29) is 24.0 Å². The highest BCUT2D eigenvalue weighted by atomic mass is 19.1. The molecule has 6 heteroatoms. The number of benzene rings is 1. The summed E-state index contributed by atoms with van der Waals surface area (Å²) in [5.41, 5.74) is 0.150. The molecule has 1 heterocycles. The zero-order valence-corrected chi connectivity index (χ0v) is 11.1. The topological polar surface area (TPSA) is 64.6 Å². The second-order valence-corrected chi connectivity index (χ2v) is 4.61. The normalized spacial score (nSPS) is 17.8. The Morgan fingerprint density at radius 1 is 1.50 bits per heavy atom. The van der Waals surface area contributed by atoms with Crippen LogP contribution < -0.4 is 5.32 Å². The Labute approximate surface area is 116 Å². The van der Waals surface area contributed by atoms with Crippen molar-refractivity contribution in [2.24, 2.45) is 0 Å². The fourth-order valence-corrected chi connectivity index (χ4v) is 1.97. The standard InChI is InChI=1S/C14H16FNO4/c1-9(17)16-13-7-10(4-5-12(13)15)14(18)20-8-11-3-2-6-19-11/h4-5,7,11H,2-3,6,8H2,1H3,(H,16,17). The highest BCUT2D eigenvalue weighted by Gasteiger charge is 2.18. The minimum atomic E-state index is -0.601. The van der Waals surface area contributed by atoms with E-state index < -0.39 is 17.7 Å². The van der Waals surface area contributed by atoms with Crippen molar-refractivity contribution in [3.05, 3.63) is 29.6 Å². The van der Waals surface area contributed by atoms with E-state index in [0.29, 0.717) is 6.61 Å². The maximum atomic E-state index is 13.4. The van der Waals surface area contributed by atoms with E-state index in [1.165, 1.54) is 19.1 Å². The third kappa shape index (κ3) is 3.77. The van der Waals surface area contributed by atoms with Gasteiger partial charge in [0.25, 0.3) is 0 Å². The number of hydrogen-bond donors (Lipinski definition) is 1. The van der Waals surface area contributed by atoms with E-state index in [1.54, 1.807) is 0 Å². The number of hydrogen-bond acceptors (Lipinski definition) is 4. The molecule has 2 rings (SSSR count). The molecule has 1 fully saturated rings. The predicted molar refractivity (Wildman–Crippen MR) is 70.0 cm³/mol. The van der Waals surface area contributed by atoms with Crippen LogP contribution in [-0.2, 0) is 14.3 Å². The SMILES string of the molecule is CC(=O)Nc1cc(C(=O)OCC2CCCO2)ccc1F. The summed E-state index contributed by atoms with van der Waals surface area (Å²) in [6.45, 7) is 2.14. The summed E-state index contributed by atoms with van der Waals surface area (Å²) in [5, 5.41) is 2.32. The fraction of sp³-hybridized carbons (Fsp3) is 0.429. The zero-order valence-electron chi connectivity index (χ0n) is 11.1. The first-order valence-electron chi connectivity index (χ1n) is 6.42. The van der Waals surface area contributed by atoms with Gasteiger partial charge < -0.3 is 14.8 Å². The summed E-state index contributed by atoms with van der Waals surface area (Å²) in [6, 6.07) is 3.70. The molecule has 1 aliphatic heterocycles. The molecule has 5 nitrogen and oxygen atoms in total. The van der Waals surface area contributed by atoms with Crippen molar-refractivity contribution >= 4 is 17.6 Å². The van der Waals surface area contributed by atoms with Gasteiger partial charge in [-0.3, -0.25) is 4.79 Å². The number of carbonyl (C=O) groups excluding carboxylic acids is 2. The molecule has 20 heavy (non-hydrogen) atoms. The lowest BCUT2D eigenvalue weighted by Gasteiger charge is -2.11. The van der Waals surface area contributed by atoms with Crippen LogP contribution in [0.3, 0.4) is 0 Å². The average Bonchev–Trinajstić information content (AvgIpc) is 2.91. The molecular weight excluding hydrogens is 265 g/mol. The molecule has 1 unspecified atom stereocenters. The number of amides is 1. The minimum Gasteiger partial charge on any atom is -0.459 e. The first kappa shape index (κ1) is 14.5. The molecular formula is C14H16FNO4. The van der Waals surface area contributed by atoms with Crippen molar-refractivity contribution in [3.8, 4) is 0 Å². The van der Waals surface area contributed by atoms with Gasteiger partial charge in [-0.25, -0.2) is 9.18 Å². The molecule has 0 radical (unpaired) electrons. The molecule has 1 saturated heterocycles. The fourth-order valence-electron chi connectivity index (χ4n) is 1.97. The molecule has 0 aliphatic carbocycles. The summed E-state index contributed by atoms with van der Waals surface area (Å²) < 4.78 is 23.9. The lowest BCUT2D eigenvalue weighted by Crippen LogP contribution is -2.18. The van der Waals surface area contributed by atoms with E-state index in [4.69, 9.17) is 9.47 Å².